The molecule has 19 heavy (non-hydrogen) atoms. The van der Waals surface area contributed by atoms with Gasteiger partial charge >= 0.3 is 0 Å². The summed E-state index contributed by atoms with van der Waals surface area (Å²) in [5.41, 5.74) is 2.07. The SMILES string of the molecule is O=c1ccn(CCc2ccccc2)c2ncccc12. The molecule has 0 radical (unpaired) electrons. The van der Waals surface area contributed by atoms with Crippen molar-refractivity contribution in [3.63, 3.8) is 0 Å². The summed E-state index contributed by atoms with van der Waals surface area (Å²) in [4.78, 5) is 16.1. The molecule has 0 aliphatic heterocycles. The summed E-state index contributed by atoms with van der Waals surface area (Å²) in [6.45, 7) is 0.817. The van der Waals surface area contributed by atoms with Gasteiger partial charge in [0, 0.05) is 25.0 Å². The van der Waals surface area contributed by atoms with Gasteiger partial charge < -0.3 is 4.57 Å². The predicted octanol–water partition coefficient (Wildman–Crippen LogP) is 2.64. The van der Waals surface area contributed by atoms with Gasteiger partial charge in [0.1, 0.15) is 5.65 Å². The van der Waals surface area contributed by atoms with E-state index in [1.807, 2.05) is 35.0 Å². The van der Waals surface area contributed by atoms with E-state index < -0.39 is 0 Å². The van der Waals surface area contributed by atoms with Gasteiger partial charge in [0.05, 0.1) is 5.39 Å². The van der Waals surface area contributed by atoms with Crippen LogP contribution in [0.15, 0.2) is 65.7 Å². The Morgan fingerprint density at radius 3 is 2.68 bits per heavy atom. The molecule has 0 saturated heterocycles. The number of pyridine rings is 2. The molecular weight excluding hydrogens is 236 g/mol. The highest BCUT2D eigenvalue weighted by Crippen LogP contribution is 2.08. The van der Waals surface area contributed by atoms with Crippen LogP contribution < -0.4 is 5.43 Å². The Bertz CT molecular complexity index is 747. The van der Waals surface area contributed by atoms with Gasteiger partial charge in [-0.3, -0.25) is 4.79 Å². The minimum Gasteiger partial charge on any atom is -0.332 e. The molecule has 3 nitrogen and oxygen atoms in total. The molecule has 3 heteroatoms. The molecule has 0 bridgehead atoms. The van der Waals surface area contributed by atoms with Crippen LogP contribution >= 0.6 is 0 Å². The second-order valence-corrected chi connectivity index (χ2v) is 4.48. The first-order chi connectivity index (χ1) is 9.34. The molecule has 2 aromatic heterocycles. The Hall–Kier alpha value is -2.42. The van der Waals surface area contributed by atoms with Crippen molar-refractivity contribution in [3.8, 4) is 0 Å². The molecule has 0 amide bonds. The van der Waals surface area contributed by atoms with E-state index in [0.717, 1.165) is 18.6 Å². The maximum Gasteiger partial charge on any atom is 0.191 e. The summed E-state index contributed by atoms with van der Waals surface area (Å²) in [5, 5.41) is 0.679. The molecule has 2 heterocycles. The van der Waals surface area contributed by atoms with E-state index in [1.165, 1.54) is 5.56 Å². The second-order valence-electron chi connectivity index (χ2n) is 4.48. The van der Waals surface area contributed by atoms with Gasteiger partial charge in [-0.1, -0.05) is 30.3 Å². The van der Waals surface area contributed by atoms with Crippen LogP contribution in [-0.4, -0.2) is 9.55 Å². The monoisotopic (exact) mass is 250 g/mol. The molecule has 0 fully saturated rings. The number of aromatic nitrogens is 2. The van der Waals surface area contributed by atoms with E-state index in [9.17, 15) is 4.79 Å². The topological polar surface area (TPSA) is 34.9 Å². The van der Waals surface area contributed by atoms with Crippen molar-refractivity contribution < 1.29 is 0 Å². The van der Waals surface area contributed by atoms with Gasteiger partial charge in [-0.25, -0.2) is 4.98 Å². The molecule has 0 saturated carbocycles. The van der Waals surface area contributed by atoms with E-state index in [1.54, 1.807) is 18.3 Å². The van der Waals surface area contributed by atoms with Crippen molar-refractivity contribution in [1.29, 1.82) is 0 Å². The van der Waals surface area contributed by atoms with Crippen LogP contribution in [-0.2, 0) is 13.0 Å². The number of fused-ring (bicyclic) bond motifs is 1. The number of benzene rings is 1. The molecule has 94 valence electrons. The number of hydrogen-bond acceptors (Lipinski definition) is 2. The van der Waals surface area contributed by atoms with E-state index in [-0.39, 0.29) is 5.43 Å². The third-order valence-electron chi connectivity index (χ3n) is 3.21. The molecule has 0 aliphatic carbocycles. The molecular formula is C16H14N2O. The minimum absolute atomic E-state index is 0.0269. The molecule has 0 unspecified atom stereocenters. The number of rotatable bonds is 3. The van der Waals surface area contributed by atoms with E-state index >= 15 is 0 Å². The summed E-state index contributed by atoms with van der Waals surface area (Å²) in [6.07, 6.45) is 4.47. The van der Waals surface area contributed by atoms with E-state index in [0.29, 0.717) is 5.39 Å². The first-order valence-electron chi connectivity index (χ1n) is 6.33. The lowest BCUT2D eigenvalue weighted by atomic mass is 10.1. The fourth-order valence-electron chi connectivity index (χ4n) is 2.21. The zero-order chi connectivity index (χ0) is 13.1. The average molecular weight is 250 g/mol. The van der Waals surface area contributed by atoms with Crippen LogP contribution in [0, 0.1) is 0 Å². The fraction of sp³-hybridized carbons (Fsp3) is 0.125. The zero-order valence-electron chi connectivity index (χ0n) is 10.5. The highest BCUT2D eigenvalue weighted by atomic mass is 16.1. The number of aryl methyl sites for hydroxylation is 2. The van der Waals surface area contributed by atoms with Crippen LogP contribution in [0.3, 0.4) is 0 Å². The van der Waals surface area contributed by atoms with Gasteiger partial charge in [-0.05, 0) is 24.1 Å². The second kappa shape index (κ2) is 5.06. The highest BCUT2D eigenvalue weighted by Gasteiger charge is 2.03. The average Bonchev–Trinajstić information content (AvgIpc) is 2.48. The third kappa shape index (κ3) is 2.40. The van der Waals surface area contributed by atoms with Gasteiger partial charge in [0.25, 0.3) is 0 Å². The lowest BCUT2D eigenvalue weighted by Crippen LogP contribution is -2.10. The lowest BCUT2D eigenvalue weighted by Gasteiger charge is -2.09. The highest BCUT2D eigenvalue weighted by molar-refractivity contribution is 5.74. The molecule has 0 N–H and O–H groups in total. The molecule has 3 aromatic rings. The maximum atomic E-state index is 11.8. The van der Waals surface area contributed by atoms with E-state index in [4.69, 9.17) is 0 Å². The number of hydrogen-bond donors (Lipinski definition) is 0. The van der Waals surface area contributed by atoms with Crippen molar-refractivity contribution >= 4 is 11.0 Å². The normalized spacial score (nSPS) is 10.7. The van der Waals surface area contributed by atoms with Crippen LogP contribution in [0.2, 0.25) is 0 Å². The Labute approximate surface area is 111 Å². The standard InChI is InChI=1S/C16H14N2O/c19-15-9-12-18(16-14(15)7-4-10-17-16)11-8-13-5-2-1-3-6-13/h1-7,9-10,12H,8,11H2. The maximum absolute atomic E-state index is 11.8. The van der Waals surface area contributed by atoms with Crippen molar-refractivity contribution in [2.45, 2.75) is 13.0 Å². The summed E-state index contributed by atoms with van der Waals surface area (Å²) >= 11 is 0. The Kier molecular flexibility index (Phi) is 3.11. The largest absolute Gasteiger partial charge is 0.332 e. The lowest BCUT2D eigenvalue weighted by molar-refractivity contribution is 0.709. The van der Waals surface area contributed by atoms with Crippen LogP contribution in [0.25, 0.3) is 11.0 Å². The Morgan fingerprint density at radius 2 is 1.84 bits per heavy atom. The first-order valence-corrected chi connectivity index (χ1v) is 6.33. The molecule has 0 spiro atoms. The smallest absolute Gasteiger partial charge is 0.191 e. The quantitative estimate of drug-likeness (QED) is 0.716. The van der Waals surface area contributed by atoms with E-state index in [2.05, 4.69) is 17.1 Å². The minimum atomic E-state index is 0.0269. The fourth-order valence-corrected chi connectivity index (χ4v) is 2.21. The molecule has 3 rings (SSSR count). The van der Waals surface area contributed by atoms with Gasteiger partial charge in [-0.2, -0.15) is 0 Å². The molecule has 0 atom stereocenters. The van der Waals surface area contributed by atoms with Gasteiger partial charge in [0.15, 0.2) is 5.43 Å². The van der Waals surface area contributed by atoms with Crippen LogP contribution in [0.4, 0.5) is 0 Å². The Morgan fingerprint density at radius 1 is 1.00 bits per heavy atom. The molecule has 1 aromatic carbocycles. The van der Waals surface area contributed by atoms with Crippen molar-refractivity contribution in [2.75, 3.05) is 0 Å². The van der Waals surface area contributed by atoms with Gasteiger partial charge in [-0.15, -0.1) is 0 Å². The van der Waals surface area contributed by atoms with Crippen LogP contribution in [0.1, 0.15) is 5.56 Å². The summed E-state index contributed by atoms with van der Waals surface area (Å²) in [7, 11) is 0. The summed E-state index contributed by atoms with van der Waals surface area (Å²) in [5.74, 6) is 0. The molecule has 0 aliphatic rings. The first kappa shape index (κ1) is 11.7. The van der Waals surface area contributed by atoms with Crippen LogP contribution in [0.5, 0.6) is 0 Å². The Balaban J connectivity index is 1.94. The zero-order valence-corrected chi connectivity index (χ0v) is 10.5. The predicted molar refractivity (Wildman–Crippen MR) is 76.1 cm³/mol. The van der Waals surface area contributed by atoms with Crippen molar-refractivity contribution in [3.05, 3.63) is 76.7 Å². The number of nitrogens with zero attached hydrogens (tertiary/aromatic N) is 2. The summed E-state index contributed by atoms with van der Waals surface area (Å²) < 4.78 is 2.03. The summed E-state index contributed by atoms with van der Waals surface area (Å²) in [6, 6.07) is 15.5. The third-order valence-corrected chi connectivity index (χ3v) is 3.21. The van der Waals surface area contributed by atoms with Crippen molar-refractivity contribution in [2.24, 2.45) is 0 Å². The van der Waals surface area contributed by atoms with Crippen molar-refractivity contribution in [1.82, 2.24) is 9.55 Å². The van der Waals surface area contributed by atoms with Gasteiger partial charge in [0.2, 0.25) is 0 Å².